The largest absolute Gasteiger partial charge is 0.497 e. The lowest BCUT2D eigenvalue weighted by Crippen LogP contribution is -2.43. The first kappa shape index (κ1) is 17.3. The van der Waals surface area contributed by atoms with E-state index < -0.39 is 27.3 Å². The molecule has 1 aromatic carbocycles. The number of hydrogen-bond acceptors (Lipinski definition) is 5. The Morgan fingerprint density at radius 2 is 1.83 bits per heavy atom. The topological polar surface area (TPSA) is 92.8 Å². The molecule has 1 heterocycles. The van der Waals surface area contributed by atoms with Gasteiger partial charge in [-0.2, -0.15) is 0 Å². The molecule has 0 aliphatic carbocycles. The van der Waals surface area contributed by atoms with E-state index in [2.05, 4.69) is 5.32 Å². The van der Waals surface area contributed by atoms with E-state index in [1.54, 1.807) is 38.3 Å². The summed E-state index contributed by atoms with van der Waals surface area (Å²) in [6.07, 6.45) is 1.43. The summed E-state index contributed by atoms with van der Waals surface area (Å²) in [6, 6.07) is 6.30. The summed E-state index contributed by atoms with van der Waals surface area (Å²) in [5, 5.41) is 2.71. The summed E-state index contributed by atoms with van der Waals surface area (Å²) in [5.74, 6) is -0.0429. The molecule has 3 amide bonds. The molecule has 0 aromatic heterocycles. The SMILES string of the molecule is CC[C@@]1(c2ccc(OC)cc2)NC(=O)N(CCS(C)(=O)=O)C1=O. The normalized spacial score (nSPS) is 21.4. The van der Waals surface area contributed by atoms with Gasteiger partial charge in [-0.3, -0.25) is 9.69 Å². The Morgan fingerprint density at radius 3 is 2.30 bits per heavy atom. The molecule has 1 aliphatic heterocycles. The number of hydrogen-bond donors (Lipinski definition) is 1. The van der Waals surface area contributed by atoms with Crippen LogP contribution in [0.25, 0.3) is 0 Å². The fourth-order valence-electron chi connectivity index (χ4n) is 2.60. The van der Waals surface area contributed by atoms with Crippen molar-refractivity contribution in [3.8, 4) is 5.75 Å². The molecule has 2 rings (SSSR count). The number of benzene rings is 1. The number of carbonyl (C=O) groups is 2. The van der Waals surface area contributed by atoms with Gasteiger partial charge >= 0.3 is 6.03 Å². The van der Waals surface area contributed by atoms with Gasteiger partial charge in [0.25, 0.3) is 5.91 Å². The predicted octanol–water partition coefficient (Wildman–Crippen LogP) is 0.897. The molecule has 1 N–H and O–H groups in total. The number of nitrogens with zero attached hydrogens (tertiary/aromatic N) is 1. The van der Waals surface area contributed by atoms with Crippen molar-refractivity contribution in [1.29, 1.82) is 0 Å². The van der Waals surface area contributed by atoms with Crippen molar-refractivity contribution in [3.05, 3.63) is 29.8 Å². The molecule has 8 heteroatoms. The van der Waals surface area contributed by atoms with E-state index in [9.17, 15) is 18.0 Å². The third-order valence-electron chi connectivity index (χ3n) is 3.97. The van der Waals surface area contributed by atoms with Gasteiger partial charge in [0.1, 0.15) is 21.1 Å². The zero-order valence-corrected chi connectivity index (χ0v) is 14.1. The lowest BCUT2D eigenvalue weighted by atomic mass is 9.87. The van der Waals surface area contributed by atoms with E-state index >= 15 is 0 Å². The summed E-state index contributed by atoms with van der Waals surface area (Å²) in [4.78, 5) is 25.9. The molecule has 1 aromatic rings. The molecule has 1 atom stereocenters. The highest BCUT2D eigenvalue weighted by Crippen LogP contribution is 2.33. The van der Waals surface area contributed by atoms with Crippen molar-refractivity contribution in [2.75, 3.05) is 25.7 Å². The number of rotatable bonds is 6. The van der Waals surface area contributed by atoms with Gasteiger partial charge < -0.3 is 10.1 Å². The standard InChI is InChI=1S/C15H20N2O5S/c1-4-15(11-5-7-12(22-2)8-6-11)13(18)17(14(19)16-15)9-10-23(3,20)21/h5-8H,4,9-10H2,1-3H3,(H,16,19)/t15-/m0/s1. The van der Waals surface area contributed by atoms with Crippen LogP contribution in [0, 0.1) is 0 Å². The third-order valence-corrected chi connectivity index (χ3v) is 4.90. The number of methoxy groups -OCH3 is 1. The summed E-state index contributed by atoms with van der Waals surface area (Å²) in [5.41, 5.74) is -0.526. The first-order valence-electron chi connectivity index (χ1n) is 7.20. The Bertz CT molecular complexity index is 714. The Hall–Kier alpha value is -2.09. The molecular formula is C15H20N2O5S. The minimum atomic E-state index is -3.27. The highest BCUT2D eigenvalue weighted by molar-refractivity contribution is 7.90. The quantitative estimate of drug-likeness (QED) is 0.777. The van der Waals surface area contributed by atoms with Gasteiger partial charge in [-0.05, 0) is 24.1 Å². The van der Waals surface area contributed by atoms with Crippen LogP contribution in [0.15, 0.2) is 24.3 Å². The molecule has 7 nitrogen and oxygen atoms in total. The maximum atomic E-state index is 12.8. The van der Waals surface area contributed by atoms with Gasteiger partial charge in [-0.1, -0.05) is 19.1 Å². The molecule has 1 fully saturated rings. The Labute approximate surface area is 135 Å². The predicted molar refractivity (Wildman–Crippen MR) is 84.9 cm³/mol. The van der Waals surface area contributed by atoms with Crippen LogP contribution in [-0.4, -0.2) is 50.9 Å². The van der Waals surface area contributed by atoms with E-state index in [-0.39, 0.29) is 12.3 Å². The van der Waals surface area contributed by atoms with Gasteiger partial charge in [-0.25, -0.2) is 13.2 Å². The molecule has 0 unspecified atom stereocenters. The number of amides is 3. The fraction of sp³-hybridized carbons (Fsp3) is 0.467. The zero-order chi connectivity index (χ0) is 17.3. The summed E-state index contributed by atoms with van der Waals surface area (Å²) < 4.78 is 27.7. The average Bonchev–Trinajstić information content (AvgIpc) is 2.76. The molecular weight excluding hydrogens is 320 g/mol. The summed E-state index contributed by atoms with van der Waals surface area (Å²) in [6.45, 7) is 1.64. The van der Waals surface area contributed by atoms with Crippen molar-refractivity contribution in [2.45, 2.75) is 18.9 Å². The number of nitrogens with one attached hydrogen (secondary N) is 1. The summed E-state index contributed by atoms with van der Waals surface area (Å²) >= 11 is 0. The number of ether oxygens (including phenoxy) is 1. The van der Waals surface area contributed by atoms with E-state index in [0.29, 0.717) is 17.7 Å². The van der Waals surface area contributed by atoms with Crippen LogP contribution in [0.4, 0.5) is 4.79 Å². The van der Waals surface area contributed by atoms with E-state index in [1.807, 2.05) is 0 Å². The van der Waals surface area contributed by atoms with Gasteiger partial charge in [0.2, 0.25) is 0 Å². The van der Waals surface area contributed by atoms with E-state index in [4.69, 9.17) is 4.74 Å². The highest BCUT2D eigenvalue weighted by atomic mass is 32.2. The van der Waals surface area contributed by atoms with Gasteiger partial charge in [-0.15, -0.1) is 0 Å². The molecule has 0 spiro atoms. The van der Waals surface area contributed by atoms with Crippen molar-refractivity contribution >= 4 is 21.8 Å². The van der Waals surface area contributed by atoms with Crippen LogP contribution in [0.1, 0.15) is 18.9 Å². The average molecular weight is 340 g/mol. The maximum Gasteiger partial charge on any atom is 0.325 e. The molecule has 1 saturated heterocycles. The number of imide groups is 1. The zero-order valence-electron chi connectivity index (χ0n) is 13.3. The molecule has 1 aliphatic rings. The Kier molecular flexibility index (Phi) is 4.65. The number of sulfone groups is 1. The molecule has 23 heavy (non-hydrogen) atoms. The maximum absolute atomic E-state index is 12.8. The number of urea groups is 1. The molecule has 0 radical (unpaired) electrons. The van der Waals surface area contributed by atoms with Crippen LogP contribution in [0.3, 0.4) is 0 Å². The number of carbonyl (C=O) groups excluding carboxylic acids is 2. The minimum Gasteiger partial charge on any atom is -0.497 e. The van der Waals surface area contributed by atoms with Crippen molar-refractivity contribution in [2.24, 2.45) is 0 Å². The second kappa shape index (κ2) is 6.19. The van der Waals surface area contributed by atoms with Crippen molar-refractivity contribution < 1.29 is 22.7 Å². The van der Waals surface area contributed by atoms with Crippen LogP contribution in [0.2, 0.25) is 0 Å². The van der Waals surface area contributed by atoms with Crippen LogP contribution < -0.4 is 10.1 Å². The lowest BCUT2D eigenvalue weighted by Gasteiger charge is -2.26. The van der Waals surface area contributed by atoms with Gasteiger partial charge in [0.15, 0.2) is 0 Å². The fourth-order valence-corrected chi connectivity index (χ4v) is 3.12. The van der Waals surface area contributed by atoms with Gasteiger partial charge in [0, 0.05) is 12.8 Å². The first-order chi connectivity index (χ1) is 10.7. The third kappa shape index (κ3) is 3.31. The lowest BCUT2D eigenvalue weighted by molar-refractivity contribution is -0.131. The second-order valence-electron chi connectivity index (χ2n) is 5.50. The monoisotopic (exact) mass is 340 g/mol. The highest BCUT2D eigenvalue weighted by Gasteiger charge is 2.51. The van der Waals surface area contributed by atoms with E-state index in [0.717, 1.165) is 11.2 Å². The van der Waals surface area contributed by atoms with Crippen molar-refractivity contribution in [1.82, 2.24) is 10.2 Å². The molecule has 0 saturated carbocycles. The van der Waals surface area contributed by atoms with E-state index in [1.165, 1.54) is 0 Å². The second-order valence-corrected chi connectivity index (χ2v) is 7.76. The van der Waals surface area contributed by atoms with Crippen LogP contribution in [-0.2, 0) is 20.2 Å². The van der Waals surface area contributed by atoms with Gasteiger partial charge in [0.05, 0.1) is 12.9 Å². The summed E-state index contributed by atoms with van der Waals surface area (Å²) in [7, 11) is -1.72. The molecule has 0 bridgehead atoms. The van der Waals surface area contributed by atoms with Crippen molar-refractivity contribution in [3.63, 3.8) is 0 Å². The Balaban J connectivity index is 2.31. The van der Waals surface area contributed by atoms with Crippen LogP contribution in [0.5, 0.6) is 5.75 Å². The smallest absolute Gasteiger partial charge is 0.325 e. The molecule has 126 valence electrons. The minimum absolute atomic E-state index is 0.151. The Morgan fingerprint density at radius 1 is 1.22 bits per heavy atom. The first-order valence-corrected chi connectivity index (χ1v) is 9.26. The van der Waals surface area contributed by atoms with Crippen LogP contribution >= 0.6 is 0 Å².